The monoisotopic (exact) mass is 273 g/mol. The lowest BCUT2D eigenvalue weighted by molar-refractivity contribution is -0.0969. The molecule has 0 unspecified atom stereocenters. The highest BCUT2D eigenvalue weighted by molar-refractivity contribution is 5.25. The number of rotatable bonds is 3. The van der Waals surface area contributed by atoms with Crippen LogP contribution in [0.2, 0.25) is 0 Å². The Morgan fingerprint density at radius 3 is 2.10 bits per heavy atom. The van der Waals surface area contributed by atoms with Gasteiger partial charge in [-0.15, -0.1) is 0 Å². The molecule has 1 aromatic rings. The van der Waals surface area contributed by atoms with Crippen LogP contribution in [0.3, 0.4) is 0 Å². The zero-order chi connectivity index (χ0) is 13.8. The lowest BCUT2D eigenvalue weighted by Gasteiger charge is -2.46. The van der Waals surface area contributed by atoms with Crippen molar-refractivity contribution in [3.63, 3.8) is 0 Å². The molecule has 0 aromatic heterocycles. The van der Waals surface area contributed by atoms with Crippen molar-refractivity contribution < 1.29 is 5.11 Å². The van der Waals surface area contributed by atoms with Gasteiger partial charge in [0.15, 0.2) is 0 Å². The third-order valence-corrected chi connectivity index (χ3v) is 5.43. The largest absolute Gasteiger partial charge is 0.385 e. The van der Waals surface area contributed by atoms with Crippen molar-refractivity contribution in [2.24, 2.45) is 11.8 Å². The minimum atomic E-state index is -0.607. The Bertz CT molecular complexity index is 387. The summed E-state index contributed by atoms with van der Waals surface area (Å²) in [6.07, 6.45) is 8.48. The third kappa shape index (κ3) is 2.64. The maximum Gasteiger partial charge on any atom is 0.0953 e. The number of aliphatic hydroxyl groups is 1. The number of piperidine rings is 1. The third-order valence-electron chi connectivity index (χ3n) is 5.43. The van der Waals surface area contributed by atoms with Gasteiger partial charge in [-0.05, 0) is 56.2 Å². The fraction of sp³-hybridized carbons (Fsp3) is 0.667. The Morgan fingerprint density at radius 1 is 0.850 bits per heavy atom. The number of hydrogen-bond donors (Lipinski definition) is 2. The summed E-state index contributed by atoms with van der Waals surface area (Å²) < 4.78 is 0. The van der Waals surface area contributed by atoms with E-state index in [4.69, 9.17) is 0 Å². The lowest BCUT2D eigenvalue weighted by Crippen LogP contribution is -2.47. The molecular weight excluding hydrogens is 246 g/mol. The molecule has 1 heterocycles. The van der Waals surface area contributed by atoms with Crippen LogP contribution in [0.1, 0.15) is 50.5 Å². The first kappa shape index (κ1) is 14.1. The quantitative estimate of drug-likeness (QED) is 0.884. The van der Waals surface area contributed by atoms with E-state index in [0.717, 1.165) is 31.5 Å². The summed E-state index contributed by atoms with van der Waals surface area (Å²) in [6, 6.07) is 10.5. The molecule has 0 amide bonds. The van der Waals surface area contributed by atoms with Crippen molar-refractivity contribution in [3.8, 4) is 0 Å². The highest BCUT2D eigenvalue weighted by Crippen LogP contribution is 2.46. The number of benzene rings is 1. The molecule has 0 spiro atoms. The van der Waals surface area contributed by atoms with Crippen molar-refractivity contribution in [2.75, 3.05) is 13.1 Å². The van der Waals surface area contributed by atoms with Gasteiger partial charge < -0.3 is 10.4 Å². The first-order valence-corrected chi connectivity index (χ1v) is 8.30. The molecule has 2 N–H and O–H groups in total. The lowest BCUT2D eigenvalue weighted by atomic mass is 9.65. The second-order valence-electron chi connectivity index (χ2n) is 6.55. The van der Waals surface area contributed by atoms with Crippen LogP contribution in [0.5, 0.6) is 0 Å². The second-order valence-corrected chi connectivity index (χ2v) is 6.55. The van der Waals surface area contributed by atoms with Gasteiger partial charge in [-0.25, -0.2) is 0 Å². The predicted octanol–water partition coefficient (Wildman–Crippen LogP) is 3.45. The molecule has 20 heavy (non-hydrogen) atoms. The molecule has 1 atom stereocenters. The van der Waals surface area contributed by atoms with E-state index in [1.807, 2.05) is 6.07 Å². The normalized spacial score (nSPS) is 25.2. The van der Waals surface area contributed by atoms with E-state index in [-0.39, 0.29) is 0 Å². The molecule has 2 aliphatic rings. The minimum absolute atomic E-state index is 0.411. The average molecular weight is 273 g/mol. The zero-order valence-electron chi connectivity index (χ0n) is 12.4. The van der Waals surface area contributed by atoms with Crippen LogP contribution >= 0.6 is 0 Å². The molecule has 2 heteroatoms. The summed E-state index contributed by atoms with van der Waals surface area (Å²) in [4.78, 5) is 0. The fourth-order valence-electron chi connectivity index (χ4n) is 4.31. The van der Waals surface area contributed by atoms with Crippen LogP contribution in [0.15, 0.2) is 30.3 Å². The molecule has 0 radical (unpaired) electrons. The second kappa shape index (κ2) is 6.28. The van der Waals surface area contributed by atoms with Gasteiger partial charge >= 0.3 is 0 Å². The molecule has 1 aromatic carbocycles. The highest BCUT2D eigenvalue weighted by Gasteiger charge is 2.45. The van der Waals surface area contributed by atoms with E-state index < -0.39 is 5.60 Å². The number of hydrogen-bond acceptors (Lipinski definition) is 2. The van der Waals surface area contributed by atoms with Gasteiger partial charge in [0, 0.05) is 0 Å². The maximum absolute atomic E-state index is 11.7. The SMILES string of the molecule is O[C@@](c1ccccc1)(C1CCCCC1)C1CCNCC1. The van der Waals surface area contributed by atoms with Crippen molar-refractivity contribution in [1.29, 1.82) is 0 Å². The van der Waals surface area contributed by atoms with Crippen LogP contribution in [0.4, 0.5) is 0 Å². The Balaban J connectivity index is 1.92. The summed E-state index contributed by atoms with van der Waals surface area (Å²) in [7, 11) is 0. The Kier molecular flexibility index (Phi) is 4.42. The van der Waals surface area contributed by atoms with E-state index in [2.05, 4.69) is 29.6 Å². The van der Waals surface area contributed by atoms with E-state index >= 15 is 0 Å². The van der Waals surface area contributed by atoms with Crippen LogP contribution in [-0.4, -0.2) is 18.2 Å². The van der Waals surface area contributed by atoms with Gasteiger partial charge in [-0.2, -0.15) is 0 Å². The van der Waals surface area contributed by atoms with Crippen LogP contribution in [-0.2, 0) is 5.60 Å². The first-order chi connectivity index (χ1) is 9.82. The molecule has 110 valence electrons. The molecular formula is C18H27NO. The van der Waals surface area contributed by atoms with Crippen molar-refractivity contribution >= 4 is 0 Å². The average Bonchev–Trinajstić information content (AvgIpc) is 2.56. The zero-order valence-corrected chi connectivity index (χ0v) is 12.4. The summed E-state index contributed by atoms with van der Waals surface area (Å²) >= 11 is 0. The van der Waals surface area contributed by atoms with Crippen LogP contribution < -0.4 is 5.32 Å². The predicted molar refractivity (Wildman–Crippen MR) is 82.5 cm³/mol. The Morgan fingerprint density at radius 2 is 1.45 bits per heavy atom. The minimum Gasteiger partial charge on any atom is -0.385 e. The highest BCUT2D eigenvalue weighted by atomic mass is 16.3. The van der Waals surface area contributed by atoms with E-state index in [1.165, 1.54) is 32.1 Å². The summed E-state index contributed by atoms with van der Waals surface area (Å²) in [5.74, 6) is 0.857. The Hall–Kier alpha value is -0.860. The number of nitrogens with one attached hydrogen (secondary N) is 1. The van der Waals surface area contributed by atoms with E-state index in [1.54, 1.807) is 0 Å². The molecule has 1 aliphatic heterocycles. The van der Waals surface area contributed by atoms with Crippen molar-refractivity contribution in [3.05, 3.63) is 35.9 Å². The van der Waals surface area contributed by atoms with Crippen molar-refractivity contribution in [1.82, 2.24) is 5.32 Å². The van der Waals surface area contributed by atoms with E-state index in [0.29, 0.717) is 11.8 Å². The molecule has 1 saturated carbocycles. The molecule has 2 fully saturated rings. The Labute approximate surface area is 122 Å². The summed E-state index contributed by atoms with van der Waals surface area (Å²) in [5, 5.41) is 15.1. The molecule has 1 aliphatic carbocycles. The van der Waals surface area contributed by atoms with Crippen LogP contribution in [0.25, 0.3) is 0 Å². The molecule has 3 rings (SSSR count). The summed E-state index contributed by atoms with van der Waals surface area (Å²) in [6.45, 7) is 2.10. The van der Waals surface area contributed by atoms with Gasteiger partial charge in [0.1, 0.15) is 0 Å². The van der Waals surface area contributed by atoms with E-state index in [9.17, 15) is 5.11 Å². The van der Waals surface area contributed by atoms with Gasteiger partial charge in [0.05, 0.1) is 5.60 Å². The van der Waals surface area contributed by atoms with Crippen LogP contribution in [0, 0.1) is 11.8 Å². The van der Waals surface area contributed by atoms with Gasteiger partial charge in [-0.1, -0.05) is 49.6 Å². The topological polar surface area (TPSA) is 32.3 Å². The molecule has 1 saturated heterocycles. The maximum atomic E-state index is 11.7. The van der Waals surface area contributed by atoms with Crippen molar-refractivity contribution in [2.45, 2.75) is 50.5 Å². The smallest absolute Gasteiger partial charge is 0.0953 e. The van der Waals surface area contributed by atoms with Gasteiger partial charge in [0.2, 0.25) is 0 Å². The summed E-state index contributed by atoms with van der Waals surface area (Å²) in [5.41, 5.74) is 0.544. The van der Waals surface area contributed by atoms with Gasteiger partial charge in [-0.3, -0.25) is 0 Å². The fourth-order valence-corrected chi connectivity index (χ4v) is 4.31. The molecule has 2 nitrogen and oxygen atoms in total. The molecule has 0 bridgehead atoms. The standard InChI is InChI=1S/C18H27NO/c20-18(15-7-3-1-4-8-15,16-9-5-2-6-10-16)17-11-13-19-14-12-17/h1,3-4,7-8,16-17,19-20H,2,5-6,9-14H2/t18-/m0/s1. The first-order valence-electron chi connectivity index (χ1n) is 8.30. The van der Waals surface area contributed by atoms with Gasteiger partial charge in [0.25, 0.3) is 0 Å².